The van der Waals surface area contributed by atoms with Crippen LogP contribution in [0.25, 0.3) is 6.08 Å². The molecule has 0 spiro atoms. The highest BCUT2D eigenvalue weighted by Gasteiger charge is 2.44. The van der Waals surface area contributed by atoms with Gasteiger partial charge >= 0.3 is 5.97 Å². The molecule has 0 amide bonds. The van der Waals surface area contributed by atoms with E-state index in [4.69, 9.17) is 9.47 Å². The Hall–Kier alpha value is -1.61. The summed E-state index contributed by atoms with van der Waals surface area (Å²) >= 11 is 1.56. The second-order valence-electron chi connectivity index (χ2n) is 10.6. The van der Waals surface area contributed by atoms with E-state index in [2.05, 4.69) is 4.98 Å². The Morgan fingerprint density at radius 3 is 2.56 bits per heavy atom. The number of ketones is 1. The average molecular weight is 494 g/mol. The first-order valence-electron chi connectivity index (χ1n) is 12.3. The smallest absolute Gasteiger partial charge is 0.309 e. The van der Waals surface area contributed by atoms with Gasteiger partial charge in [0.1, 0.15) is 11.9 Å². The largest absolute Gasteiger partial charge is 0.458 e. The number of aliphatic hydroxyl groups excluding tert-OH is 2. The van der Waals surface area contributed by atoms with Gasteiger partial charge in [-0.05, 0) is 44.3 Å². The molecule has 190 valence electrons. The molecular weight excluding hydrogens is 454 g/mol. The van der Waals surface area contributed by atoms with Crippen molar-refractivity contribution in [3.05, 3.63) is 21.7 Å². The molecule has 2 aliphatic heterocycles. The summed E-state index contributed by atoms with van der Waals surface area (Å²) in [6, 6.07) is 0. The van der Waals surface area contributed by atoms with Crippen LogP contribution < -0.4 is 0 Å². The molecule has 2 aliphatic rings. The van der Waals surface area contributed by atoms with E-state index < -0.39 is 35.6 Å². The molecule has 2 fully saturated rings. The van der Waals surface area contributed by atoms with Crippen LogP contribution in [0.5, 0.6) is 0 Å². The maximum absolute atomic E-state index is 13.2. The van der Waals surface area contributed by atoms with Crippen LogP contribution in [-0.4, -0.2) is 57.5 Å². The number of carbonyl (C=O) groups is 2. The van der Waals surface area contributed by atoms with Crippen LogP contribution in [0, 0.1) is 24.2 Å². The minimum absolute atomic E-state index is 0.00770. The molecule has 7 atom stereocenters. The molecule has 2 saturated heterocycles. The first kappa shape index (κ1) is 27.0. The number of hydrogen-bond donors (Lipinski definition) is 2. The summed E-state index contributed by atoms with van der Waals surface area (Å²) in [6.45, 7) is 10.8. The summed E-state index contributed by atoms with van der Waals surface area (Å²) in [5.74, 6) is -1.52. The van der Waals surface area contributed by atoms with Gasteiger partial charge in [0.05, 0.1) is 47.0 Å². The number of fused-ring (bicyclic) bond motifs is 1. The highest BCUT2D eigenvalue weighted by molar-refractivity contribution is 7.09. The lowest BCUT2D eigenvalue weighted by molar-refractivity contribution is -0.154. The number of aryl methyl sites for hydroxylation is 1. The van der Waals surface area contributed by atoms with Gasteiger partial charge < -0.3 is 19.7 Å². The van der Waals surface area contributed by atoms with E-state index in [1.807, 2.05) is 32.2 Å². The zero-order valence-electron chi connectivity index (χ0n) is 21.1. The number of epoxide rings is 1. The molecular formula is C26H39NO6S. The van der Waals surface area contributed by atoms with E-state index in [9.17, 15) is 19.8 Å². The topological polar surface area (TPSA) is 109 Å². The zero-order chi connectivity index (χ0) is 25.2. The van der Waals surface area contributed by atoms with Gasteiger partial charge in [0.25, 0.3) is 0 Å². The number of aromatic nitrogens is 1. The molecule has 1 aromatic heterocycles. The van der Waals surface area contributed by atoms with Gasteiger partial charge in [0, 0.05) is 17.7 Å². The number of esters is 1. The number of carbonyl (C=O) groups excluding carboxylic acids is 2. The fourth-order valence-corrected chi connectivity index (χ4v) is 5.35. The molecule has 3 rings (SSSR count). The number of thiazole rings is 1. The van der Waals surface area contributed by atoms with Crippen LogP contribution in [0.15, 0.2) is 11.0 Å². The molecule has 0 aliphatic carbocycles. The number of rotatable bonds is 2. The first-order chi connectivity index (χ1) is 15.9. The lowest BCUT2D eigenvalue weighted by Crippen LogP contribution is -2.45. The van der Waals surface area contributed by atoms with Gasteiger partial charge in [0.2, 0.25) is 0 Å². The highest BCUT2D eigenvalue weighted by atomic mass is 32.1. The summed E-state index contributed by atoms with van der Waals surface area (Å²) in [6.07, 6.45) is 2.28. The van der Waals surface area contributed by atoms with Gasteiger partial charge in [-0.1, -0.05) is 34.1 Å². The molecule has 8 heteroatoms. The van der Waals surface area contributed by atoms with E-state index in [1.165, 1.54) is 0 Å². The minimum Gasteiger partial charge on any atom is -0.458 e. The fourth-order valence-electron chi connectivity index (χ4n) is 4.78. The molecule has 34 heavy (non-hydrogen) atoms. The number of hydrogen-bond acceptors (Lipinski definition) is 8. The van der Waals surface area contributed by atoms with E-state index in [0.29, 0.717) is 6.42 Å². The van der Waals surface area contributed by atoms with Crippen LogP contribution in [0.4, 0.5) is 0 Å². The molecule has 0 aromatic carbocycles. The van der Waals surface area contributed by atoms with Crippen LogP contribution in [0.1, 0.15) is 77.4 Å². The van der Waals surface area contributed by atoms with E-state index in [0.717, 1.165) is 35.5 Å². The summed E-state index contributed by atoms with van der Waals surface area (Å²) < 4.78 is 11.7. The van der Waals surface area contributed by atoms with E-state index >= 15 is 0 Å². The first-order valence-corrected chi connectivity index (χ1v) is 13.1. The van der Waals surface area contributed by atoms with E-state index in [1.54, 1.807) is 32.1 Å². The minimum atomic E-state index is -1.22. The normalized spacial score (nSPS) is 36.0. The second-order valence-corrected chi connectivity index (χ2v) is 11.7. The quantitative estimate of drug-likeness (QED) is 0.472. The van der Waals surface area contributed by atoms with Crippen molar-refractivity contribution in [2.24, 2.45) is 17.3 Å². The molecule has 1 aromatic rings. The van der Waals surface area contributed by atoms with Crippen molar-refractivity contribution in [3.8, 4) is 0 Å². The van der Waals surface area contributed by atoms with Gasteiger partial charge in [0.15, 0.2) is 0 Å². The van der Waals surface area contributed by atoms with Crippen LogP contribution >= 0.6 is 11.3 Å². The van der Waals surface area contributed by atoms with Gasteiger partial charge in [-0.3, -0.25) is 9.59 Å². The van der Waals surface area contributed by atoms with Crippen molar-refractivity contribution in [1.82, 2.24) is 4.98 Å². The number of Topliss-reactive ketones (excluding diaryl/α,β-unsaturated/α-hetero) is 1. The van der Waals surface area contributed by atoms with Gasteiger partial charge in [-0.25, -0.2) is 4.98 Å². The fraction of sp³-hybridized carbons (Fsp3) is 0.731. The highest BCUT2D eigenvalue weighted by Crippen LogP contribution is 2.36. The number of ether oxygens (including phenoxy) is 2. The monoisotopic (exact) mass is 493 g/mol. The number of aliphatic hydroxyl groups is 2. The van der Waals surface area contributed by atoms with E-state index in [-0.39, 0.29) is 30.3 Å². The molecule has 0 saturated carbocycles. The lowest BCUT2D eigenvalue weighted by atomic mass is 9.73. The Labute approximate surface area is 206 Å². The molecule has 2 N–H and O–H groups in total. The Morgan fingerprint density at radius 1 is 1.21 bits per heavy atom. The summed E-state index contributed by atoms with van der Waals surface area (Å²) in [5.41, 5.74) is 0.494. The van der Waals surface area contributed by atoms with Crippen LogP contribution in [0.2, 0.25) is 0 Å². The average Bonchev–Trinajstić information content (AvgIpc) is 3.38. The number of cyclic esters (lactones) is 1. The van der Waals surface area contributed by atoms with Crippen molar-refractivity contribution >= 4 is 29.2 Å². The number of nitrogens with zero attached hydrogens (tertiary/aromatic N) is 1. The van der Waals surface area contributed by atoms with Crippen molar-refractivity contribution < 1.29 is 29.3 Å². The summed E-state index contributed by atoms with van der Waals surface area (Å²) in [4.78, 5) is 30.5. The summed E-state index contributed by atoms with van der Waals surface area (Å²) in [7, 11) is 0. The third-order valence-corrected chi connectivity index (χ3v) is 8.20. The third-order valence-electron chi connectivity index (χ3n) is 7.41. The predicted molar refractivity (Wildman–Crippen MR) is 131 cm³/mol. The Morgan fingerprint density at radius 2 is 1.91 bits per heavy atom. The summed E-state index contributed by atoms with van der Waals surface area (Å²) in [5, 5.41) is 24.5. The Bertz CT molecular complexity index is 909. The van der Waals surface area contributed by atoms with Crippen LogP contribution in [0.3, 0.4) is 0 Å². The molecule has 0 radical (unpaired) electrons. The van der Waals surface area contributed by atoms with Gasteiger partial charge in [-0.15, -0.1) is 11.3 Å². The standard InChI is InChI=1S/C26H39NO6S/c1-14-8-7-9-19-21(32-19)11-20(15(2)10-18-13-34-17(4)27-18)33-23(29)12-22(28)26(5,6)25(31)16(3)24(14)30/h10,13-14,16,19-22,24,28,30H,7-9,11-12H2,1-6H3/b15-10+/t14-,16+,19+,20-,21-,22-,24-/m1/s1. The van der Waals surface area contributed by atoms with Crippen LogP contribution in [-0.2, 0) is 19.1 Å². The molecule has 0 unspecified atom stereocenters. The maximum atomic E-state index is 13.2. The molecule has 0 bridgehead atoms. The molecule has 7 nitrogen and oxygen atoms in total. The SMILES string of the molecule is C/C(=C\c1csc(C)n1)[C@H]1C[C@H]2O[C@H]2CCC[C@@H](C)[C@@H](O)[C@H](C)C(=O)C(C)(C)[C@H](O)CC(=O)O1. The maximum Gasteiger partial charge on any atom is 0.309 e. The Kier molecular flexibility index (Phi) is 8.71. The van der Waals surface area contributed by atoms with Gasteiger partial charge in [-0.2, -0.15) is 0 Å². The lowest BCUT2D eigenvalue weighted by Gasteiger charge is -2.34. The predicted octanol–water partition coefficient (Wildman–Crippen LogP) is 4.09. The third kappa shape index (κ3) is 6.53. The Balaban J connectivity index is 1.81. The second kappa shape index (κ2) is 11.0. The van der Waals surface area contributed by atoms with Crippen molar-refractivity contribution in [1.29, 1.82) is 0 Å². The van der Waals surface area contributed by atoms with Crippen molar-refractivity contribution in [3.63, 3.8) is 0 Å². The van der Waals surface area contributed by atoms with Crippen molar-refractivity contribution in [2.75, 3.05) is 0 Å². The van der Waals surface area contributed by atoms with Crippen molar-refractivity contribution in [2.45, 2.75) is 104 Å². The molecule has 3 heterocycles. The zero-order valence-corrected chi connectivity index (χ0v) is 21.9.